The number of carbonyl (C=O) groups excluding carboxylic acids is 1. The number of rotatable bonds is 6. The molecule has 2 aromatic rings. The second-order valence-corrected chi connectivity index (χ2v) is 7.17. The Morgan fingerprint density at radius 2 is 1.81 bits per heavy atom. The third kappa shape index (κ3) is 3.61. The standard InChI is InChI=1S/C22H26N2O2/c25-22(23-13-15-26-18-10-5-2-6-11-18)19-16-21(17-8-3-1-4-9-17)24-14-7-12-20(19)24/h1-6,8-11,19-21H,7,12-16H2,(H,23,25)/t19-,20+,21-/m1/s1. The van der Waals surface area contributed by atoms with Crippen LogP contribution in [-0.2, 0) is 4.79 Å². The van der Waals surface area contributed by atoms with Crippen LogP contribution in [0.1, 0.15) is 30.9 Å². The van der Waals surface area contributed by atoms with Gasteiger partial charge in [0.2, 0.25) is 5.91 Å². The summed E-state index contributed by atoms with van der Waals surface area (Å²) in [6.45, 7) is 2.15. The number of nitrogens with zero attached hydrogens (tertiary/aromatic N) is 1. The predicted octanol–water partition coefficient (Wildman–Crippen LogP) is 3.41. The molecule has 0 aliphatic carbocycles. The average molecular weight is 350 g/mol. The number of benzene rings is 2. The first-order chi connectivity index (χ1) is 12.8. The zero-order valence-electron chi connectivity index (χ0n) is 15.0. The average Bonchev–Trinajstić information content (AvgIpc) is 3.29. The van der Waals surface area contributed by atoms with E-state index in [2.05, 4.69) is 40.5 Å². The highest BCUT2D eigenvalue weighted by Crippen LogP contribution is 2.44. The summed E-state index contributed by atoms with van der Waals surface area (Å²) in [5.74, 6) is 1.10. The molecule has 4 heteroatoms. The zero-order valence-corrected chi connectivity index (χ0v) is 15.0. The molecule has 0 saturated carbocycles. The van der Waals surface area contributed by atoms with Crippen LogP contribution in [0.25, 0.3) is 0 Å². The van der Waals surface area contributed by atoms with Crippen molar-refractivity contribution < 1.29 is 9.53 Å². The van der Waals surface area contributed by atoms with Crippen LogP contribution in [0.15, 0.2) is 60.7 Å². The molecule has 2 aliphatic heterocycles. The van der Waals surface area contributed by atoms with E-state index in [9.17, 15) is 4.79 Å². The summed E-state index contributed by atoms with van der Waals surface area (Å²) in [6, 6.07) is 21.1. The molecule has 2 saturated heterocycles. The molecule has 136 valence electrons. The minimum atomic E-state index is 0.0828. The van der Waals surface area contributed by atoms with Gasteiger partial charge in [-0.15, -0.1) is 0 Å². The van der Waals surface area contributed by atoms with Crippen molar-refractivity contribution in [2.24, 2.45) is 5.92 Å². The largest absolute Gasteiger partial charge is 0.492 e. The van der Waals surface area contributed by atoms with Crippen LogP contribution in [0.5, 0.6) is 5.75 Å². The molecular weight excluding hydrogens is 324 g/mol. The number of fused-ring (bicyclic) bond motifs is 1. The van der Waals surface area contributed by atoms with E-state index >= 15 is 0 Å². The van der Waals surface area contributed by atoms with E-state index in [-0.39, 0.29) is 11.8 Å². The lowest BCUT2D eigenvalue weighted by atomic mass is 9.93. The number of para-hydroxylation sites is 1. The second-order valence-electron chi connectivity index (χ2n) is 7.17. The molecule has 1 N–H and O–H groups in total. The van der Waals surface area contributed by atoms with E-state index in [1.54, 1.807) is 0 Å². The van der Waals surface area contributed by atoms with Crippen LogP contribution in [0.3, 0.4) is 0 Å². The van der Waals surface area contributed by atoms with Gasteiger partial charge < -0.3 is 10.1 Å². The van der Waals surface area contributed by atoms with E-state index < -0.39 is 0 Å². The zero-order chi connectivity index (χ0) is 17.8. The highest BCUT2D eigenvalue weighted by Gasteiger charge is 2.46. The van der Waals surface area contributed by atoms with Crippen molar-refractivity contribution in [3.63, 3.8) is 0 Å². The number of amides is 1. The molecule has 0 aromatic heterocycles. The molecule has 0 bridgehead atoms. The summed E-state index contributed by atoms with van der Waals surface area (Å²) in [7, 11) is 0. The van der Waals surface area contributed by atoms with E-state index in [0.717, 1.165) is 25.1 Å². The molecule has 2 fully saturated rings. The first-order valence-corrected chi connectivity index (χ1v) is 9.59. The molecular formula is C22H26N2O2. The van der Waals surface area contributed by atoms with Crippen LogP contribution in [0.4, 0.5) is 0 Å². The lowest BCUT2D eigenvalue weighted by molar-refractivity contribution is -0.125. The first kappa shape index (κ1) is 17.1. The third-order valence-electron chi connectivity index (χ3n) is 5.62. The number of nitrogens with one attached hydrogen (secondary N) is 1. The molecule has 4 rings (SSSR count). The maximum Gasteiger partial charge on any atom is 0.224 e. The van der Waals surface area contributed by atoms with Crippen molar-refractivity contribution in [2.45, 2.75) is 31.3 Å². The van der Waals surface area contributed by atoms with Crippen LogP contribution >= 0.6 is 0 Å². The molecule has 4 nitrogen and oxygen atoms in total. The van der Waals surface area contributed by atoms with E-state index in [1.165, 1.54) is 12.0 Å². The Kier molecular flexibility index (Phi) is 5.21. The molecule has 2 heterocycles. The summed E-state index contributed by atoms with van der Waals surface area (Å²) in [6.07, 6.45) is 3.23. The lowest BCUT2D eigenvalue weighted by Crippen LogP contribution is -2.39. The molecule has 2 aromatic carbocycles. The molecule has 0 unspecified atom stereocenters. The molecule has 1 amide bonds. The number of ether oxygens (including phenoxy) is 1. The second kappa shape index (κ2) is 7.92. The van der Waals surface area contributed by atoms with Crippen molar-refractivity contribution in [3.8, 4) is 5.75 Å². The van der Waals surface area contributed by atoms with E-state index in [0.29, 0.717) is 25.2 Å². The van der Waals surface area contributed by atoms with Crippen LogP contribution in [-0.4, -0.2) is 36.5 Å². The maximum absolute atomic E-state index is 12.8. The lowest BCUT2D eigenvalue weighted by Gasteiger charge is -2.24. The fraction of sp³-hybridized carbons (Fsp3) is 0.409. The van der Waals surface area contributed by atoms with Gasteiger partial charge in [0.1, 0.15) is 12.4 Å². The van der Waals surface area contributed by atoms with Gasteiger partial charge in [0.25, 0.3) is 0 Å². The summed E-state index contributed by atoms with van der Waals surface area (Å²) >= 11 is 0. The molecule has 3 atom stereocenters. The highest BCUT2D eigenvalue weighted by molar-refractivity contribution is 5.80. The van der Waals surface area contributed by atoms with Crippen molar-refractivity contribution in [1.29, 1.82) is 0 Å². The van der Waals surface area contributed by atoms with Gasteiger partial charge in [-0.1, -0.05) is 48.5 Å². The Morgan fingerprint density at radius 3 is 2.58 bits per heavy atom. The predicted molar refractivity (Wildman–Crippen MR) is 102 cm³/mol. The Labute approximate surface area is 155 Å². The van der Waals surface area contributed by atoms with Gasteiger partial charge in [-0.25, -0.2) is 0 Å². The maximum atomic E-state index is 12.8. The Hall–Kier alpha value is -2.33. The normalized spacial score (nSPS) is 25.0. The monoisotopic (exact) mass is 350 g/mol. The fourth-order valence-corrected chi connectivity index (χ4v) is 4.44. The molecule has 0 radical (unpaired) electrons. The highest BCUT2D eigenvalue weighted by atomic mass is 16.5. The quantitative estimate of drug-likeness (QED) is 0.812. The first-order valence-electron chi connectivity index (χ1n) is 9.59. The van der Waals surface area contributed by atoms with Gasteiger partial charge in [0, 0.05) is 12.1 Å². The van der Waals surface area contributed by atoms with Gasteiger partial charge in [-0.3, -0.25) is 9.69 Å². The van der Waals surface area contributed by atoms with E-state index in [4.69, 9.17) is 4.74 Å². The van der Waals surface area contributed by atoms with Gasteiger partial charge in [0.15, 0.2) is 0 Å². The summed E-state index contributed by atoms with van der Waals surface area (Å²) in [4.78, 5) is 15.3. The molecule has 26 heavy (non-hydrogen) atoms. The number of hydrogen-bond acceptors (Lipinski definition) is 3. The number of carbonyl (C=O) groups is 1. The van der Waals surface area contributed by atoms with Gasteiger partial charge in [0.05, 0.1) is 12.5 Å². The Bertz CT molecular complexity index is 719. The summed E-state index contributed by atoms with van der Waals surface area (Å²) in [5.41, 5.74) is 1.34. The van der Waals surface area contributed by atoms with Gasteiger partial charge in [-0.2, -0.15) is 0 Å². The Morgan fingerprint density at radius 1 is 1.08 bits per heavy atom. The molecule has 0 spiro atoms. The topological polar surface area (TPSA) is 41.6 Å². The summed E-state index contributed by atoms with van der Waals surface area (Å²) < 4.78 is 5.67. The van der Waals surface area contributed by atoms with Crippen LogP contribution in [0, 0.1) is 5.92 Å². The van der Waals surface area contributed by atoms with E-state index in [1.807, 2.05) is 30.3 Å². The smallest absolute Gasteiger partial charge is 0.224 e. The summed E-state index contributed by atoms with van der Waals surface area (Å²) in [5, 5.41) is 3.09. The Balaban J connectivity index is 1.33. The molecule has 2 aliphatic rings. The minimum Gasteiger partial charge on any atom is -0.492 e. The van der Waals surface area contributed by atoms with Crippen molar-refractivity contribution in [2.75, 3.05) is 19.7 Å². The van der Waals surface area contributed by atoms with Gasteiger partial charge in [-0.05, 0) is 43.5 Å². The van der Waals surface area contributed by atoms with Gasteiger partial charge >= 0.3 is 0 Å². The third-order valence-corrected chi connectivity index (χ3v) is 5.62. The minimum absolute atomic E-state index is 0.0828. The fourth-order valence-electron chi connectivity index (χ4n) is 4.44. The van der Waals surface area contributed by atoms with Crippen LogP contribution in [0.2, 0.25) is 0 Å². The SMILES string of the molecule is O=C(NCCOc1ccccc1)[C@@H]1C[C@H](c2ccccc2)N2CCC[C@@H]12. The van der Waals surface area contributed by atoms with Crippen molar-refractivity contribution in [1.82, 2.24) is 10.2 Å². The van der Waals surface area contributed by atoms with Crippen LogP contribution < -0.4 is 10.1 Å². The van der Waals surface area contributed by atoms with Crippen molar-refractivity contribution in [3.05, 3.63) is 66.2 Å². The van der Waals surface area contributed by atoms with Crippen molar-refractivity contribution >= 4 is 5.91 Å². The number of hydrogen-bond donors (Lipinski definition) is 1.